The van der Waals surface area contributed by atoms with Crippen LogP contribution in [0.2, 0.25) is 0 Å². The summed E-state index contributed by atoms with van der Waals surface area (Å²) in [7, 11) is 1.36. The first-order valence-corrected chi connectivity index (χ1v) is 8.11. The van der Waals surface area contributed by atoms with Gasteiger partial charge in [0, 0.05) is 12.1 Å². The van der Waals surface area contributed by atoms with Crippen LogP contribution in [0.15, 0.2) is 12.1 Å². The molecule has 0 heterocycles. The van der Waals surface area contributed by atoms with Gasteiger partial charge in [0.25, 0.3) is 5.91 Å². The molecular formula is C17H24N2O4. The van der Waals surface area contributed by atoms with Crippen LogP contribution in [0.1, 0.15) is 67.8 Å². The molecule has 0 unspecified atom stereocenters. The second kappa shape index (κ2) is 7.44. The van der Waals surface area contributed by atoms with Gasteiger partial charge in [0.15, 0.2) is 0 Å². The Morgan fingerprint density at radius 2 is 1.96 bits per heavy atom. The van der Waals surface area contributed by atoms with Gasteiger partial charge in [-0.1, -0.05) is 33.1 Å². The fourth-order valence-corrected chi connectivity index (χ4v) is 3.00. The number of benzene rings is 1. The Morgan fingerprint density at radius 3 is 2.48 bits per heavy atom. The Morgan fingerprint density at radius 1 is 1.30 bits per heavy atom. The quantitative estimate of drug-likeness (QED) is 0.661. The number of nitrogens with one attached hydrogen (secondary N) is 1. The molecule has 1 aromatic carbocycles. The summed E-state index contributed by atoms with van der Waals surface area (Å²) in [4.78, 5) is 23.4. The van der Waals surface area contributed by atoms with Crippen molar-refractivity contribution in [2.24, 2.45) is 0 Å². The number of carbonyl (C=O) groups is 1. The summed E-state index contributed by atoms with van der Waals surface area (Å²) in [6.45, 7) is 3.88. The van der Waals surface area contributed by atoms with Gasteiger partial charge in [-0.15, -0.1) is 0 Å². The molecule has 23 heavy (non-hydrogen) atoms. The standard InChI is InChI=1S/C17H24N2O4/c1-11(2)12-9-14(16(23-3)15(10-12)19(21)22)17(20)18-13-7-5-4-6-8-13/h9-11,13H,4-8H2,1-3H3,(H,18,20). The zero-order valence-corrected chi connectivity index (χ0v) is 13.9. The molecule has 1 saturated carbocycles. The summed E-state index contributed by atoms with van der Waals surface area (Å²) in [5.74, 6) is -0.173. The number of nitro groups is 1. The predicted molar refractivity (Wildman–Crippen MR) is 88.1 cm³/mol. The monoisotopic (exact) mass is 320 g/mol. The third kappa shape index (κ3) is 4.00. The molecule has 0 radical (unpaired) electrons. The Hall–Kier alpha value is -2.11. The van der Waals surface area contributed by atoms with Crippen LogP contribution in [0.25, 0.3) is 0 Å². The van der Waals surface area contributed by atoms with Gasteiger partial charge in [-0.3, -0.25) is 14.9 Å². The van der Waals surface area contributed by atoms with E-state index in [1.165, 1.54) is 19.6 Å². The lowest BCUT2D eigenvalue weighted by atomic mass is 9.94. The van der Waals surface area contributed by atoms with Crippen LogP contribution in [-0.4, -0.2) is 24.0 Å². The molecule has 0 atom stereocenters. The maximum absolute atomic E-state index is 12.6. The van der Waals surface area contributed by atoms with Crippen LogP contribution in [-0.2, 0) is 0 Å². The van der Waals surface area contributed by atoms with Gasteiger partial charge in [-0.05, 0) is 30.4 Å². The van der Waals surface area contributed by atoms with Crippen molar-refractivity contribution in [1.29, 1.82) is 0 Å². The molecule has 6 heteroatoms. The lowest BCUT2D eigenvalue weighted by Crippen LogP contribution is -2.36. The fraction of sp³-hybridized carbons (Fsp3) is 0.588. The smallest absolute Gasteiger partial charge is 0.312 e. The summed E-state index contributed by atoms with van der Waals surface area (Å²) in [5, 5.41) is 14.3. The van der Waals surface area contributed by atoms with E-state index in [4.69, 9.17) is 4.74 Å². The van der Waals surface area contributed by atoms with Crippen LogP contribution < -0.4 is 10.1 Å². The highest BCUT2D eigenvalue weighted by Crippen LogP contribution is 2.35. The Labute approximate surface area is 136 Å². The number of nitro benzene ring substituents is 1. The van der Waals surface area contributed by atoms with Crippen molar-refractivity contribution in [2.75, 3.05) is 7.11 Å². The van der Waals surface area contributed by atoms with Crippen molar-refractivity contribution in [3.05, 3.63) is 33.4 Å². The van der Waals surface area contributed by atoms with E-state index in [9.17, 15) is 14.9 Å². The molecule has 1 aliphatic carbocycles. The molecule has 0 spiro atoms. The van der Waals surface area contributed by atoms with Gasteiger partial charge < -0.3 is 10.1 Å². The van der Waals surface area contributed by atoms with Crippen molar-refractivity contribution in [1.82, 2.24) is 5.32 Å². The molecule has 1 aliphatic rings. The van der Waals surface area contributed by atoms with E-state index in [0.29, 0.717) is 0 Å². The molecule has 6 nitrogen and oxygen atoms in total. The SMILES string of the molecule is COc1c(C(=O)NC2CCCCC2)cc(C(C)C)cc1[N+](=O)[O-]. The highest BCUT2D eigenvalue weighted by Gasteiger charge is 2.26. The van der Waals surface area contributed by atoms with E-state index in [0.717, 1.165) is 31.2 Å². The van der Waals surface area contributed by atoms with Gasteiger partial charge >= 0.3 is 5.69 Å². The van der Waals surface area contributed by atoms with E-state index in [2.05, 4.69) is 5.32 Å². The summed E-state index contributed by atoms with van der Waals surface area (Å²) < 4.78 is 5.18. The second-order valence-electron chi connectivity index (χ2n) is 6.34. The van der Waals surface area contributed by atoms with E-state index in [1.54, 1.807) is 6.07 Å². The van der Waals surface area contributed by atoms with Crippen LogP contribution in [0.4, 0.5) is 5.69 Å². The van der Waals surface area contributed by atoms with Crippen LogP contribution in [0, 0.1) is 10.1 Å². The minimum Gasteiger partial charge on any atom is -0.490 e. The number of methoxy groups -OCH3 is 1. The maximum Gasteiger partial charge on any atom is 0.312 e. The molecule has 126 valence electrons. The number of hydrogen-bond acceptors (Lipinski definition) is 4. The lowest BCUT2D eigenvalue weighted by molar-refractivity contribution is -0.385. The highest BCUT2D eigenvalue weighted by atomic mass is 16.6. The summed E-state index contributed by atoms with van der Waals surface area (Å²) in [6, 6.07) is 3.33. The molecular weight excluding hydrogens is 296 g/mol. The maximum atomic E-state index is 12.6. The molecule has 1 fully saturated rings. The van der Waals surface area contributed by atoms with E-state index in [1.807, 2.05) is 13.8 Å². The molecule has 0 saturated heterocycles. The van der Waals surface area contributed by atoms with Crippen molar-refractivity contribution >= 4 is 11.6 Å². The fourth-order valence-electron chi connectivity index (χ4n) is 3.00. The van der Waals surface area contributed by atoms with Gasteiger partial charge in [0.05, 0.1) is 17.6 Å². The summed E-state index contributed by atoms with van der Waals surface area (Å²) >= 11 is 0. The van der Waals surface area contributed by atoms with Crippen LogP contribution >= 0.6 is 0 Å². The van der Waals surface area contributed by atoms with E-state index in [-0.39, 0.29) is 34.9 Å². The third-order valence-corrected chi connectivity index (χ3v) is 4.34. The molecule has 1 N–H and O–H groups in total. The minimum atomic E-state index is -0.498. The molecule has 0 aromatic heterocycles. The minimum absolute atomic E-state index is 0.0349. The summed E-state index contributed by atoms with van der Waals surface area (Å²) in [5.41, 5.74) is 0.842. The van der Waals surface area contributed by atoms with E-state index < -0.39 is 4.92 Å². The zero-order valence-electron chi connectivity index (χ0n) is 13.9. The van der Waals surface area contributed by atoms with Crippen LogP contribution in [0.3, 0.4) is 0 Å². The van der Waals surface area contributed by atoms with Gasteiger partial charge in [0.2, 0.25) is 5.75 Å². The third-order valence-electron chi connectivity index (χ3n) is 4.34. The number of ether oxygens (including phenoxy) is 1. The highest BCUT2D eigenvalue weighted by molar-refractivity contribution is 5.98. The molecule has 0 bridgehead atoms. The van der Waals surface area contributed by atoms with Crippen molar-refractivity contribution in [3.8, 4) is 5.75 Å². The number of rotatable bonds is 5. The zero-order chi connectivity index (χ0) is 17.0. The molecule has 1 amide bonds. The largest absolute Gasteiger partial charge is 0.490 e. The molecule has 0 aliphatic heterocycles. The van der Waals surface area contributed by atoms with Crippen molar-refractivity contribution in [3.63, 3.8) is 0 Å². The van der Waals surface area contributed by atoms with Gasteiger partial charge in [-0.25, -0.2) is 0 Å². The van der Waals surface area contributed by atoms with Gasteiger partial charge in [0.1, 0.15) is 0 Å². The average molecular weight is 320 g/mol. The number of amides is 1. The van der Waals surface area contributed by atoms with Crippen molar-refractivity contribution in [2.45, 2.75) is 57.9 Å². The topological polar surface area (TPSA) is 81.5 Å². The first-order chi connectivity index (χ1) is 10.9. The molecule has 2 rings (SSSR count). The second-order valence-corrected chi connectivity index (χ2v) is 6.34. The van der Waals surface area contributed by atoms with Crippen LogP contribution in [0.5, 0.6) is 5.75 Å². The summed E-state index contributed by atoms with van der Waals surface area (Å²) in [6.07, 6.45) is 5.33. The lowest BCUT2D eigenvalue weighted by Gasteiger charge is -2.23. The average Bonchev–Trinajstić information content (AvgIpc) is 2.54. The first-order valence-electron chi connectivity index (χ1n) is 8.11. The normalized spacial score (nSPS) is 15.5. The number of carbonyl (C=O) groups excluding carboxylic acids is 1. The van der Waals surface area contributed by atoms with E-state index >= 15 is 0 Å². The first kappa shape index (κ1) is 17.2. The Kier molecular flexibility index (Phi) is 5.58. The van der Waals surface area contributed by atoms with Crippen molar-refractivity contribution < 1.29 is 14.5 Å². The van der Waals surface area contributed by atoms with Gasteiger partial charge in [-0.2, -0.15) is 0 Å². The predicted octanol–water partition coefficient (Wildman–Crippen LogP) is 3.79. The molecule has 1 aromatic rings. The Balaban J connectivity index is 2.37. The Bertz CT molecular complexity index is 593. The number of hydrogen-bond donors (Lipinski definition) is 1. The number of nitrogens with zero attached hydrogens (tertiary/aromatic N) is 1.